The number of hydrogen-bond donors (Lipinski definition) is 1. The summed E-state index contributed by atoms with van der Waals surface area (Å²) < 4.78 is 0. The Morgan fingerprint density at radius 1 is 1.05 bits per heavy atom. The fraction of sp³-hybridized carbons (Fsp3) is 0.250. The molecule has 4 nitrogen and oxygen atoms in total. The second-order valence-corrected chi connectivity index (χ2v) is 5.26. The van der Waals surface area contributed by atoms with E-state index in [-0.39, 0.29) is 5.75 Å². The van der Waals surface area contributed by atoms with Crippen molar-refractivity contribution in [3.63, 3.8) is 0 Å². The van der Waals surface area contributed by atoms with Crippen LogP contribution in [0.15, 0.2) is 42.5 Å². The van der Waals surface area contributed by atoms with Gasteiger partial charge >= 0.3 is 0 Å². The second kappa shape index (κ2) is 4.96. The summed E-state index contributed by atoms with van der Waals surface area (Å²) in [5, 5.41) is 18.8. The molecule has 2 aromatic carbocycles. The van der Waals surface area contributed by atoms with Crippen LogP contribution >= 0.6 is 0 Å². The molecule has 0 aliphatic heterocycles. The summed E-state index contributed by atoms with van der Waals surface area (Å²) in [6.45, 7) is 4.74. The van der Waals surface area contributed by atoms with E-state index in [1.165, 1.54) is 5.56 Å². The maximum absolute atomic E-state index is 9.98. The third-order valence-corrected chi connectivity index (χ3v) is 3.41. The minimum Gasteiger partial charge on any atom is -0.508 e. The Kier molecular flexibility index (Phi) is 3.14. The van der Waals surface area contributed by atoms with Gasteiger partial charge in [-0.25, -0.2) is 0 Å². The molecule has 0 aliphatic rings. The largest absolute Gasteiger partial charge is 0.508 e. The van der Waals surface area contributed by atoms with Crippen molar-refractivity contribution in [3.05, 3.63) is 53.6 Å². The lowest BCUT2D eigenvalue weighted by molar-refractivity contribution is 0.459. The van der Waals surface area contributed by atoms with Gasteiger partial charge in [-0.1, -0.05) is 32.0 Å². The lowest BCUT2D eigenvalue weighted by Crippen LogP contribution is -2.04. The van der Waals surface area contributed by atoms with E-state index in [4.69, 9.17) is 0 Å². The molecule has 0 amide bonds. The molecule has 102 valence electrons. The van der Waals surface area contributed by atoms with E-state index in [1.807, 2.05) is 36.4 Å². The Labute approximate surface area is 117 Å². The zero-order valence-electron chi connectivity index (χ0n) is 11.6. The van der Waals surface area contributed by atoms with Crippen molar-refractivity contribution in [3.8, 4) is 5.75 Å². The van der Waals surface area contributed by atoms with Crippen LogP contribution < -0.4 is 0 Å². The monoisotopic (exact) mass is 267 g/mol. The highest BCUT2D eigenvalue weighted by Crippen LogP contribution is 2.24. The number of fused-ring (bicyclic) bond motifs is 1. The van der Waals surface area contributed by atoms with Crippen LogP contribution in [-0.2, 0) is 6.54 Å². The smallest absolute Gasteiger partial charge is 0.120 e. The Hall–Kier alpha value is -2.36. The van der Waals surface area contributed by atoms with Crippen molar-refractivity contribution in [2.24, 2.45) is 0 Å². The topological polar surface area (TPSA) is 50.9 Å². The highest BCUT2D eigenvalue weighted by atomic mass is 16.3. The molecule has 0 saturated carbocycles. The van der Waals surface area contributed by atoms with Crippen molar-refractivity contribution >= 4 is 11.0 Å². The van der Waals surface area contributed by atoms with Gasteiger partial charge in [-0.3, -0.25) is 0 Å². The number of phenols is 1. The van der Waals surface area contributed by atoms with Gasteiger partial charge in [0.15, 0.2) is 0 Å². The van der Waals surface area contributed by atoms with Crippen molar-refractivity contribution in [1.29, 1.82) is 0 Å². The maximum atomic E-state index is 9.98. The molecule has 0 bridgehead atoms. The SMILES string of the molecule is CC(C)c1ccc(O)c(Cn2nc3ccccc3n2)c1. The molecular weight excluding hydrogens is 250 g/mol. The molecule has 3 rings (SSSR count). The van der Waals surface area contributed by atoms with E-state index >= 15 is 0 Å². The third-order valence-electron chi connectivity index (χ3n) is 3.41. The maximum Gasteiger partial charge on any atom is 0.120 e. The van der Waals surface area contributed by atoms with E-state index in [0.29, 0.717) is 12.5 Å². The predicted octanol–water partition coefficient (Wildman–Crippen LogP) is 3.31. The van der Waals surface area contributed by atoms with Gasteiger partial charge in [0.25, 0.3) is 0 Å². The first-order chi connectivity index (χ1) is 9.63. The fourth-order valence-corrected chi connectivity index (χ4v) is 2.22. The number of aromatic hydroxyl groups is 1. The van der Waals surface area contributed by atoms with E-state index in [0.717, 1.165) is 16.6 Å². The Morgan fingerprint density at radius 2 is 1.70 bits per heavy atom. The minimum atomic E-state index is 0.288. The quantitative estimate of drug-likeness (QED) is 0.792. The van der Waals surface area contributed by atoms with Gasteiger partial charge in [0, 0.05) is 5.56 Å². The molecule has 4 heteroatoms. The summed E-state index contributed by atoms with van der Waals surface area (Å²) in [4.78, 5) is 1.63. The van der Waals surface area contributed by atoms with Gasteiger partial charge in [0.2, 0.25) is 0 Å². The number of rotatable bonds is 3. The molecule has 1 heterocycles. The predicted molar refractivity (Wildman–Crippen MR) is 78.8 cm³/mol. The molecule has 0 fully saturated rings. The summed E-state index contributed by atoms with van der Waals surface area (Å²) in [5.41, 5.74) is 3.78. The molecule has 0 atom stereocenters. The molecule has 1 aromatic heterocycles. The molecular formula is C16H17N3O. The lowest BCUT2D eigenvalue weighted by atomic mass is 10.0. The van der Waals surface area contributed by atoms with E-state index in [9.17, 15) is 5.11 Å². The first kappa shape index (κ1) is 12.7. The molecule has 1 N–H and O–H groups in total. The summed E-state index contributed by atoms with van der Waals surface area (Å²) >= 11 is 0. The summed E-state index contributed by atoms with van der Waals surface area (Å²) in [6.07, 6.45) is 0. The molecule has 0 unspecified atom stereocenters. The zero-order chi connectivity index (χ0) is 14.1. The number of hydrogen-bond acceptors (Lipinski definition) is 3. The Balaban J connectivity index is 1.95. The van der Waals surface area contributed by atoms with E-state index in [2.05, 4.69) is 24.0 Å². The normalized spacial score (nSPS) is 11.3. The van der Waals surface area contributed by atoms with Gasteiger partial charge in [-0.15, -0.1) is 0 Å². The second-order valence-electron chi connectivity index (χ2n) is 5.26. The Bertz CT molecular complexity index is 713. The summed E-state index contributed by atoms with van der Waals surface area (Å²) in [7, 11) is 0. The highest BCUT2D eigenvalue weighted by Gasteiger charge is 2.08. The van der Waals surface area contributed by atoms with Gasteiger partial charge < -0.3 is 5.11 Å². The van der Waals surface area contributed by atoms with Crippen molar-refractivity contribution < 1.29 is 5.11 Å². The zero-order valence-corrected chi connectivity index (χ0v) is 11.6. The van der Waals surface area contributed by atoms with Gasteiger partial charge in [-0.05, 0) is 35.7 Å². The van der Waals surface area contributed by atoms with Crippen LogP contribution in [-0.4, -0.2) is 20.1 Å². The van der Waals surface area contributed by atoms with Crippen molar-refractivity contribution in [1.82, 2.24) is 15.0 Å². The number of nitrogens with zero attached hydrogens (tertiary/aromatic N) is 3. The minimum absolute atomic E-state index is 0.288. The standard InChI is InChI=1S/C16H17N3O/c1-11(2)12-7-8-16(20)13(9-12)10-19-17-14-5-3-4-6-15(14)18-19/h3-9,11,20H,10H2,1-2H3. The summed E-state index contributed by atoms with van der Waals surface area (Å²) in [5.74, 6) is 0.717. The van der Waals surface area contributed by atoms with E-state index < -0.39 is 0 Å². The van der Waals surface area contributed by atoms with Crippen LogP contribution in [0.3, 0.4) is 0 Å². The van der Waals surface area contributed by atoms with E-state index in [1.54, 1.807) is 10.9 Å². The number of aromatic nitrogens is 3. The molecule has 0 saturated heterocycles. The fourth-order valence-electron chi connectivity index (χ4n) is 2.22. The van der Waals surface area contributed by atoms with Gasteiger partial charge in [0.05, 0.1) is 6.54 Å². The van der Waals surface area contributed by atoms with Crippen molar-refractivity contribution in [2.45, 2.75) is 26.3 Å². The lowest BCUT2D eigenvalue weighted by Gasteiger charge is -2.09. The van der Waals surface area contributed by atoms with Gasteiger partial charge in [0.1, 0.15) is 16.8 Å². The molecule has 3 aromatic rings. The molecule has 0 aliphatic carbocycles. The number of benzene rings is 2. The van der Waals surface area contributed by atoms with Crippen LogP contribution in [0, 0.1) is 0 Å². The Morgan fingerprint density at radius 3 is 2.30 bits per heavy atom. The number of phenolic OH excluding ortho intramolecular Hbond substituents is 1. The highest BCUT2D eigenvalue weighted by molar-refractivity contribution is 5.72. The average molecular weight is 267 g/mol. The average Bonchev–Trinajstić information content (AvgIpc) is 2.83. The van der Waals surface area contributed by atoms with Gasteiger partial charge in [-0.2, -0.15) is 15.0 Å². The first-order valence-electron chi connectivity index (χ1n) is 6.75. The van der Waals surface area contributed by atoms with Crippen LogP contribution in [0.2, 0.25) is 0 Å². The third kappa shape index (κ3) is 2.37. The molecule has 0 spiro atoms. The van der Waals surface area contributed by atoms with Crippen LogP contribution in [0.4, 0.5) is 0 Å². The van der Waals surface area contributed by atoms with Crippen LogP contribution in [0.5, 0.6) is 5.75 Å². The van der Waals surface area contributed by atoms with Crippen LogP contribution in [0.25, 0.3) is 11.0 Å². The summed E-state index contributed by atoms with van der Waals surface area (Å²) in [6, 6.07) is 13.5. The molecule has 20 heavy (non-hydrogen) atoms. The first-order valence-corrected chi connectivity index (χ1v) is 6.75. The molecule has 0 radical (unpaired) electrons. The van der Waals surface area contributed by atoms with Crippen molar-refractivity contribution in [2.75, 3.05) is 0 Å². The van der Waals surface area contributed by atoms with Crippen LogP contribution in [0.1, 0.15) is 30.9 Å².